The van der Waals surface area contributed by atoms with Gasteiger partial charge in [-0.2, -0.15) is 5.26 Å². The van der Waals surface area contributed by atoms with E-state index in [-0.39, 0.29) is 12.2 Å². The van der Waals surface area contributed by atoms with Crippen LogP contribution in [0.4, 0.5) is 10.1 Å². The molecule has 0 radical (unpaired) electrons. The highest BCUT2D eigenvalue weighted by Gasteiger charge is 2.14. The second kappa shape index (κ2) is 5.84. The summed E-state index contributed by atoms with van der Waals surface area (Å²) < 4.78 is 19.8. The molecule has 1 aliphatic heterocycles. The summed E-state index contributed by atoms with van der Waals surface area (Å²) >= 11 is 0. The monoisotopic (exact) mass is 282 g/mol. The lowest BCUT2D eigenvalue weighted by molar-refractivity contribution is 0.300. The Morgan fingerprint density at radius 3 is 2.95 bits per heavy atom. The predicted octanol–water partition coefficient (Wildman–Crippen LogP) is 3.63. The summed E-state index contributed by atoms with van der Waals surface area (Å²) in [6.45, 7) is 1.03. The number of fused-ring (bicyclic) bond motifs is 1. The lowest BCUT2D eigenvalue weighted by atomic mass is 10.0. The van der Waals surface area contributed by atoms with Crippen molar-refractivity contribution in [1.29, 1.82) is 5.26 Å². The molecular formula is C17H15FN2O. The normalized spacial score (nSPS) is 13.0. The maximum absolute atomic E-state index is 14.0. The molecule has 0 bridgehead atoms. The van der Waals surface area contributed by atoms with Crippen molar-refractivity contribution in [3.05, 3.63) is 58.9 Å². The van der Waals surface area contributed by atoms with Crippen LogP contribution in [0.5, 0.6) is 5.75 Å². The van der Waals surface area contributed by atoms with Gasteiger partial charge in [-0.1, -0.05) is 24.3 Å². The fourth-order valence-corrected chi connectivity index (χ4v) is 2.53. The molecule has 1 N–H and O–H groups in total. The van der Waals surface area contributed by atoms with Gasteiger partial charge in [0.25, 0.3) is 0 Å². The molecule has 0 spiro atoms. The van der Waals surface area contributed by atoms with Crippen molar-refractivity contribution in [2.24, 2.45) is 0 Å². The van der Waals surface area contributed by atoms with Crippen molar-refractivity contribution in [1.82, 2.24) is 0 Å². The van der Waals surface area contributed by atoms with Gasteiger partial charge in [0.15, 0.2) is 0 Å². The lowest BCUT2D eigenvalue weighted by Gasteiger charge is -2.21. The van der Waals surface area contributed by atoms with Crippen molar-refractivity contribution in [2.75, 3.05) is 11.9 Å². The first-order valence-electron chi connectivity index (χ1n) is 6.95. The molecule has 3 nitrogen and oxygen atoms in total. The first kappa shape index (κ1) is 13.4. The summed E-state index contributed by atoms with van der Waals surface area (Å²) in [4.78, 5) is 0. The molecule has 0 aromatic heterocycles. The van der Waals surface area contributed by atoms with Crippen molar-refractivity contribution in [2.45, 2.75) is 19.4 Å². The van der Waals surface area contributed by atoms with E-state index in [1.165, 1.54) is 11.6 Å². The maximum atomic E-state index is 14.0. The van der Waals surface area contributed by atoms with E-state index in [0.717, 1.165) is 30.8 Å². The summed E-state index contributed by atoms with van der Waals surface area (Å²) in [7, 11) is 0. The Morgan fingerprint density at radius 1 is 1.24 bits per heavy atom. The zero-order valence-corrected chi connectivity index (χ0v) is 11.5. The molecule has 0 aliphatic carbocycles. The highest BCUT2D eigenvalue weighted by molar-refractivity contribution is 5.63. The second-order valence-corrected chi connectivity index (χ2v) is 5.00. The molecule has 0 saturated carbocycles. The van der Waals surface area contributed by atoms with E-state index in [4.69, 9.17) is 10.00 Å². The molecule has 0 amide bonds. The minimum Gasteiger partial charge on any atom is -0.487 e. The van der Waals surface area contributed by atoms with Gasteiger partial charge in [-0.25, -0.2) is 4.39 Å². The number of benzene rings is 2. The first-order chi connectivity index (χ1) is 10.3. The fraction of sp³-hybridized carbons (Fsp3) is 0.235. The van der Waals surface area contributed by atoms with E-state index in [2.05, 4.69) is 11.4 Å². The smallest absolute Gasteiger partial charge is 0.147 e. The number of aryl methyl sites for hydroxylation is 1. The minimum absolute atomic E-state index is 0.0457. The van der Waals surface area contributed by atoms with Crippen LogP contribution >= 0.6 is 0 Å². The Kier molecular flexibility index (Phi) is 3.74. The van der Waals surface area contributed by atoms with Gasteiger partial charge in [0.05, 0.1) is 11.3 Å². The van der Waals surface area contributed by atoms with Crippen LogP contribution in [0.25, 0.3) is 0 Å². The topological polar surface area (TPSA) is 45.0 Å². The number of rotatable bonds is 3. The molecule has 21 heavy (non-hydrogen) atoms. The van der Waals surface area contributed by atoms with Gasteiger partial charge in [-0.3, -0.25) is 0 Å². The van der Waals surface area contributed by atoms with Gasteiger partial charge >= 0.3 is 0 Å². The van der Waals surface area contributed by atoms with Crippen molar-refractivity contribution in [3.63, 3.8) is 0 Å². The third-order valence-corrected chi connectivity index (χ3v) is 3.62. The Bertz CT molecular complexity index is 706. The number of halogens is 1. The SMILES string of the molecule is N#Cc1cccc(COc2cccc3c2NCCC3)c1F. The zero-order chi connectivity index (χ0) is 14.7. The Balaban J connectivity index is 1.82. The molecule has 1 heterocycles. The van der Waals surface area contributed by atoms with Crippen LogP contribution in [0.3, 0.4) is 0 Å². The summed E-state index contributed by atoms with van der Waals surface area (Å²) in [6, 6.07) is 12.5. The Morgan fingerprint density at radius 2 is 2.10 bits per heavy atom. The molecule has 1 aliphatic rings. The van der Waals surface area contributed by atoms with Crippen LogP contribution in [-0.2, 0) is 13.0 Å². The predicted molar refractivity (Wildman–Crippen MR) is 78.7 cm³/mol. The minimum atomic E-state index is -0.502. The molecule has 2 aromatic carbocycles. The Hall–Kier alpha value is -2.54. The standard InChI is InChI=1S/C17H15FN2O/c18-16-13(10-19)5-1-6-14(16)11-21-15-8-2-4-12-7-3-9-20-17(12)15/h1-2,4-6,8,20H,3,7,9,11H2. The van der Waals surface area contributed by atoms with Crippen molar-refractivity contribution in [3.8, 4) is 11.8 Å². The van der Waals surface area contributed by atoms with Crippen LogP contribution in [0.15, 0.2) is 36.4 Å². The molecule has 106 valence electrons. The van der Waals surface area contributed by atoms with Crippen LogP contribution in [0, 0.1) is 17.1 Å². The number of hydrogen-bond donors (Lipinski definition) is 1. The number of ether oxygens (including phenoxy) is 1. The molecule has 0 unspecified atom stereocenters. The number of nitriles is 1. The molecule has 0 atom stereocenters. The molecule has 4 heteroatoms. The van der Waals surface area contributed by atoms with Crippen molar-refractivity contribution >= 4 is 5.69 Å². The highest BCUT2D eigenvalue weighted by atomic mass is 19.1. The molecule has 0 fully saturated rings. The number of para-hydroxylation sites is 1. The summed E-state index contributed by atoms with van der Waals surface area (Å²) in [6.07, 6.45) is 2.13. The van der Waals surface area contributed by atoms with Crippen LogP contribution in [-0.4, -0.2) is 6.54 Å². The zero-order valence-electron chi connectivity index (χ0n) is 11.5. The van der Waals surface area contributed by atoms with E-state index in [1.54, 1.807) is 12.1 Å². The molecular weight excluding hydrogens is 267 g/mol. The summed E-state index contributed by atoms with van der Waals surface area (Å²) in [5, 5.41) is 12.2. The summed E-state index contributed by atoms with van der Waals surface area (Å²) in [5.74, 6) is 0.228. The number of anilines is 1. The quantitative estimate of drug-likeness (QED) is 0.935. The highest BCUT2D eigenvalue weighted by Crippen LogP contribution is 2.32. The van der Waals surface area contributed by atoms with E-state index in [0.29, 0.717) is 5.56 Å². The van der Waals surface area contributed by atoms with E-state index in [1.807, 2.05) is 18.2 Å². The molecule has 2 aromatic rings. The largest absolute Gasteiger partial charge is 0.487 e. The van der Waals surface area contributed by atoms with Gasteiger partial charge in [-0.05, 0) is 30.5 Å². The Labute approximate surface area is 123 Å². The third-order valence-electron chi connectivity index (χ3n) is 3.62. The average molecular weight is 282 g/mol. The average Bonchev–Trinajstić information content (AvgIpc) is 2.54. The summed E-state index contributed by atoms with van der Waals surface area (Å²) in [5.41, 5.74) is 2.66. The van der Waals surface area contributed by atoms with Gasteiger partial charge in [0.2, 0.25) is 0 Å². The van der Waals surface area contributed by atoms with Gasteiger partial charge in [0, 0.05) is 12.1 Å². The van der Waals surface area contributed by atoms with Crippen LogP contribution in [0.2, 0.25) is 0 Å². The van der Waals surface area contributed by atoms with Gasteiger partial charge < -0.3 is 10.1 Å². The molecule has 0 saturated heterocycles. The van der Waals surface area contributed by atoms with Gasteiger partial charge in [-0.15, -0.1) is 0 Å². The number of hydrogen-bond acceptors (Lipinski definition) is 3. The third kappa shape index (κ3) is 2.68. The van der Waals surface area contributed by atoms with Crippen molar-refractivity contribution < 1.29 is 9.13 Å². The van der Waals surface area contributed by atoms with Crippen LogP contribution in [0.1, 0.15) is 23.1 Å². The lowest BCUT2D eigenvalue weighted by Crippen LogP contribution is -2.13. The second-order valence-electron chi connectivity index (χ2n) is 5.00. The molecule has 3 rings (SSSR count). The first-order valence-corrected chi connectivity index (χ1v) is 6.95. The van der Waals surface area contributed by atoms with E-state index >= 15 is 0 Å². The van der Waals surface area contributed by atoms with E-state index < -0.39 is 5.82 Å². The van der Waals surface area contributed by atoms with Crippen LogP contribution < -0.4 is 10.1 Å². The number of nitrogens with zero attached hydrogens (tertiary/aromatic N) is 1. The maximum Gasteiger partial charge on any atom is 0.147 e. The van der Waals surface area contributed by atoms with Gasteiger partial charge in [0.1, 0.15) is 24.2 Å². The van der Waals surface area contributed by atoms with E-state index in [9.17, 15) is 4.39 Å². The fourth-order valence-electron chi connectivity index (χ4n) is 2.53. The number of nitrogens with one attached hydrogen (secondary N) is 1.